The van der Waals surface area contributed by atoms with E-state index in [2.05, 4.69) is 23.6 Å². The van der Waals surface area contributed by atoms with Gasteiger partial charge in [0.15, 0.2) is 0 Å². The van der Waals surface area contributed by atoms with Gasteiger partial charge >= 0.3 is 0 Å². The summed E-state index contributed by atoms with van der Waals surface area (Å²) in [7, 11) is 1.65. The largest absolute Gasteiger partial charge is 0.380 e. The van der Waals surface area contributed by atoms with Crippen molar-refractivity contribution in [1.29, 1.82) is 0 Å². The number of primary amides is 1. The van der Waals surface area contributed by atoms with E-state index in [1.165, 1.54) is 4.88 Å². The standard InChI is InChI=1S/C26H28N2O3S/c1-31-17-19-9-11-20(12-10-19)24(29)28-14-5-13-26(18-28,25(27)30)16-21-6-2-3-7-22(21)23-8-4-15-32-23/h2-4,6-12,15H,5,13-14,16-18H2,1H3,(H2,27,30)/t26-/m0/s1. The molecule has 2 amide bonds. The lowest BCUT2D eigenvalue weighted by atomic mass is 9.73. The van der Waals surface area contributed by atoms with E-state index in [0.717, 1.165) is 23.1 Å². The lowest BCUT2D eigenvalue weighted by Crippen LogP contribution is -2.53. The Morgan fingerprint density at radius 3 is 2.56 bits per heavy atom. The fourth-order valence-corrected chi connectivity index (χ4v) is 5.33. The average molecular weight is 449 g/mol. The Labute approximate surface area is 192 Å². The van der Waals surface area contributed by atoms with E-state index in [0.29, 0.717) is 38.1 Å². The van der Waals surface area contributed by atoms with E-state index in [4.69, 9.17) is 10.5 Å². The Balaban J connectivity index is 1.58. The van der Waals surface area contributed by atoms with Gasteiger partial charge in [0.05, 0.1) is 12.0 Å². The number of nitrogens with two attached hydrogens (primary N) is 1. The molecular weight excluding hydrogens is 420 g/mol. The fourth-order valence-electron chi connectivity index (χ4n) is 4.54. The molecule has 1 aliphatic rings. The molecule has 0 unspecified atom stereocenters. The molecule has 2 N–H and O–H groups in total. The maximum Gasteiger partial charge on any atom is 0.253 e. The van der Waals surface area contributed by atoms with Gasteiger partial charge in [0.2, 0.25) is 5.91 Å². The normalized spacial score (nSPS) is 18.5. The Kier molecular flexibility index (Phi) is 6.72. The van der Waals surface area contributed by atoms with Gasteiger partial charge in [-0.05, 0) is 59.5 Å². The monoisotopic (exact) mass is 448 g/mol. The summed E-state index contributed by atoms with van der Waals surface area (Å²) in [6, 6.07) is 19.7. The Morgan fingerprint density at radius 1 is 1.09 bits per heavy atom. The number of amides is 2. The van der Waals surface area contributed by atoms with Crippen LogP contribution in [0.5, 0.6) is 0 Å². The van der Waals surface area contributed by atoms with Crippen molar-refractivity contribution < 1.29 is 14.3 Å². The minimum atomic E-state index is -0.780. The first-order valence-electron chi connectivity index (χ1n) is 10.8. The number of hydrogen-bond donors (Lipinski definition) is 1. The van der Waals surface area contributed by atoms with Crippen molar-refractivity contribution in [3.8, 4) is 10.4 Å². The molecule has 32 heavy (non-hydrogen) atoms. The van der Waals surface area contributed by atoms with E-state index in [-0.39, 0.29) is 11.8 Å². The first-order valence-corrected chi connectivity index (χ1v) is 11.7. The number of methoxy groups -OCH3 is 1. The van der Waals surface area contributed by atoms with Crippen molar-refractivity contribution in [3.05, 3.63) is 82.7 Å². The lowest BCUT2D eigenvalue weighted by molar-refractivity contribution is -0.130. The number of thiophene rings is 1. The molecule has 0 aliphatic carbocycles. The molecule has 5 nitrogen and oxygen atoms in total. The topological polar surface area (TPSA) is 72.6 Å². The minimum absolute atomic E-state index is 0.0640. The summed E-state index contributed by atoms with van der Waals surface area (Å²) in [4.78, 5) is 29.0. The van der Waals surface area contributed by atoms with Crippen molar-refractivity contribution in [3.63, 3.8) is 0 Å². The summed E-state index contributed by atoms with van der Waals surface area (Å²) >= 11 is 1.68. The molecule has 0 spiro atoms. The van der Waals surface area contributed by atoms with Crippen LogP contribution in [-0.4, -0.2) is 36.9 Å². The van der Waals surface area contributed by atoms with Crippen LogP contribution >= 0.6 is 11.3 Å². The number of ether oxygens (including phenoxy) is 1. The first-order chi connectivity index (χ1) is 15.5. The maximum atomic E-state index is 13.2. The van der Waals surface area contributed by atoms with Gasteiger partial charge in [0.1, 0.15) is 0 Å². The predicted molar refractivity (Wildman–Crippen MR) is 127 cm³/mol. The van der Waals surface area contributed by atoms with Gasteiger partial charge in [-0.1, -0.05) is 42.5 Å². The second-order valence-corrected chi connectivity index (χ2v) is 9.36. The third-order valence-corrected chi connectivity index (χ3v) is 7.13. The van der Waals surface area contributed by atoms with Crippen molar-refractivity contribution in [1.82, 2.24) is 4.90 Å². The van der Waals surface area contributed by atoms with Gasteiger partial charge in [-0.3, -0.25) is 9.59 Å². The molecule has 6 heteroatoms. The summed E-state index contributed by atoms with van der Waals surface area (Å²) in [5.41, 5.74) is 9.05. The number of likely N-dealkylation sites (tertiary alicyclic amines) is 1. The molecule has 4 rings (SSSR count). The molecular formula is C26H28N2O3S. The third-order valence-electron chi connectivity index (χ3n) is 6.23. The van der Waals surface area contributed by atoms with E-state index in [1.54, 1.807) is 23.3 Å². The zero-order valence-electron chi connectivity index (χ0n) is 18.3. The van der Waals surface area contributed by atoms with Crippen molar-refractivity contribution in [2.24, 2.45) is 11.1 Å². The SMILES string of the molecule is COCc1ccc(C(=O)N2CCC[C@@](Cc3ccccc3-c3cccs3)(C(N)=O)C2)cc1. The van der Waals surface area contributed by atoms with Crippen LogP contribution in [0, 0.1) is 5.41 Å². The fraction of sp³-hybridized carbons (Fsp3) is 0.308. The molecule has 1 fully saturated rings. The molecule has 1 aliphatic heterocycles. The van der Waals surface area contributed by atoms with E-state index >= 15 is 0 Å². The van der Waals surface area contributed by atoms with Crippen LogP contribution in [-0.2, 0) is 22.6 Å². The van der Waals surface area contributed by atoms with Crippen molar-refractivity contribution >= 4 is 23.2 Å². The highest BCUT2D eigenvalue weighted by molar-refractivity contribution is 7.13. The van der Waals surface area contributed by atoms with Gasteiger partial charge in [-0.15, -0.1) is 11.3 Å². The highest BCUT2D eigenvalue weighted by Gasteiger charge is 2.42. The van der Waals surface area contributed by atoms with Crippen molar-refractivity contribution in [2.45, 2.75) is 25.9 Å². The van der Waals surface area contributed by atoms with Gasteiger partial charge in [-0.2, -0.15) is 0 Å². The maximum absolute atomic E-state index is 13.2. The molecule has 0 saturated carbocycles. The molecule has 3 aromatic rings. The van der Waals surface area contributed by atoms with Crippen LogP contribution in [0.15, 0.2) is 66.0 Å². The van der Waals surface area contributed by atoms with Crippen LogP contribution in [0.2, 0.25) is 0 Å². The van der Waals surface area contributed by atoms with Gasteiger partial charge in [0, 0.05) is 30.6 Å². The number of piperidine rings is 1. The van der Waals surface area contributed by atoms with Crippen LogP contribution in [0.1, 0.15) is 34.3 Å². The van der Waals surface area contributed by atoms with Gasteiger partial charge < -0.3 is 15.4 Å². The average Bonchev–Trinajstić information content (AvgIpc) is 3.34. The molecule has 1 atom stereocenters. The number of nitrogens with zero attached hydrogens (tertiary/aromatic N) is 1. The molecule has 2 heterocycles. The van der Waals surface area contributed by atoms with Gasteiger partial charge in [0.25, 0.3) is 5.91 Å². The van der Waals surface area contributed by atoms with Gasteiger partial charge in [-0.25, -0.2) is 0 Å². The van der Waals surface area contributed by atoms with Crippen molar-refractivity contribution in [2.75, 3.05) is 20.2 Å². The van der Waals surface area contributed by atoms with Crippen LogP contribution < -0.4 is 5.73 Å². The number of benzene rings is 2. The van der Waals surface area contributed by atoms with E-state index in [9.17, 15) is 9.59 Å². The third kappa shape index (κ3) is 4.61. The van der Waals surface area contributed by atoms with Crippen LogP contribution in [0.25, 0.3) is 10.4 Å². The smallest absolute Gasteiger partial charge is 0.253 e. The van der Waals surface area contributed by atoms with Crippen LogP contribution in [0.4, 0.5) is 0 Å². The first kappa shape index (κ1) is 22.2. The summed E-state index contributed by atoms with van der Waals surface area (Å²) in [5.74, 6) is -0.405. The number of hydrogen-bond acceptors (Lipinski definition) is 4. The molecule has 1 saturated heterocycles. The Bertz CT molecular complexity index is 1080. The quantitative estimate of drug-likeness (QED) is 0.578. The Hall–Kier alpha value is -2.96. The molecule has 1 aromatic heterocycles. The number of carbonyl (C=O) groups excluding carboxylic acids is 2. The minimum Gasteiger partial charge on any atom is -0.380 e. The lowest BCUT2D eigenvalue weighted by Gasteiger charge is -2.41. The number of rotatable bonds is 7. The molecule has 166 valence electrons. The molecule has 2 aromatic carbocycles. The molecule has 0 bridgehead atoms. The predicted octanol–water partition coefficient (Wildman–Crippen LogP) is 4.51. The summed E-state index contributed by atoms with van der Waals surface area (Å²) in [5, 5.41) is 2.05. The number of carbonyl (C=O) groups is 2. The summed E-state index contributed by atoms with van der Waals surface area (Å²) in [6.45, 7) is 1.46. The second kappa shape index (κ2) is 9.67. The summed E-state index contributed by atoms with van der Waals surface area (Å²) < 4.78 is 5.15. The van der Waals surface area contributed by atoms with Crippen LogP contribution in [0.3, 0.4) is 0 Å². The highest BCUT2D eigenvalue weighted by Crippen LogP contribution is 2.38. The second-order valence-electron chi connectivity index (χ2n) is 8.42. The highest BCUT2D eigenvalue weighted by atomic mass is 32.1. The molecule has 0 radical (unpaired) electrons. The Morgan fingerprint density at radius 2 is 1.88 bits per heavy atom. The van der Waals surface area contributed by atoms with E-state index < -0.39 is 5.41 Å². The van der Waals surface area contributed by atoms with E-state index in [1.807, 2.05) is 42.5 Å². The zero-order valence-corrected chi connectivity index (χ0v) is 19.1. The summed E-state index contributed by atoms with van der Waals surface area (Å²) in [6.07, 6.45) is 1.95. The zero-order chi connectivity index (χ0) is 22.6.